The lowest BCUT2D eigenvalue weighted by atomic mass is 10.1. The average Bonchev–Trinajstić information content (AvgIpc) is 2.02. The van der Waals surface area contributed by atoms with Gasteiger partial charge in [0.05, 0.1) is 5.57 Å². The minimum absolute atomic E-state index is 0.0602. The number of halogens is 3. The highest BCUT2D eigenvalue weighted by Gasteiger charge is 2.33. The zero-order chi connectivity index (χ0) is 10.1. The van der Waals surface area contributed by atoms with Crippen LogP contribution in [0.1, 0.15) is 5.56 Å². The summed E-state index contributed by atoms with van der Waals surface area (Å²) >= 11 is 0. The number of para-hydroxylation sites is 1. The molecule has 0 aliphatic carbocycles. The zero-order valence-corrected chi connectivity index (χ0v) is 6.73. The van der Waals surface area contributed by atoms with Gasteiger partial charge in [0.2, 0.25) is 0 Å². The van der Waals surface area contributed by atoms with Crippen molar-refractivity contribution in [3.05, 3.63) is 36.4 Å². The van der Waals surface area contributed by atoms with E-state index in [1.165, 1.54) is 18.2 Å². The van der Waals surface area contributed by atoms with E-state index < -0.39 is 11.7 Å². The van der Waals surface area contributed by atoms with Crippen molar-refractivity contribution in [2.45, 2.75) is 6.18 Å². The van der Waals surface area contributed by atoms with Crippen molar-refractivity contribution in [3.63, 3.8) is 0 Å². The van der Waals surface area contributed by atoms with Crippen molar-refractivity contribution in [2.24, 2.45) is 0 Å². The normalized spacial score (nSPS) is 11.3. The van der Waals surface area contributed by atoms with E-state index in [2.05, 4.69) is 6.58 Å². The topological polar surface area (TPSA) is 26.0 Å². The number of alkyl halides is 3. The number of nitrogens with two attached hydrogens (primary N) is 1. The van der Waals surface area contributed by atoms with Crippen LogP contribution in [-0.4, -0.2) is 6.18 Å². The molecule has 0 saturated carbocycles. The monoisotopic (exact) mass is 187 g/mol. The Morgan fingerprint density at radius 2 is 1.77 bits per heavy atom. The van der Waals surface area contributed by atoms with E-state index in [0.29, 0.717) is 0 Å². The molecule has 0 atom stereocenters. The van der Waals surface area contributed by atoms with E-state index >= 15 is 0 Å². The van der Waals surface area contributed by atoms with Crippen LogP contribution < -0.4 is 5.73 Å². The van der Waals surface area contributed by atoms with Crippen molar-refractivity contribution in [3.8, 4) is 0 Å². The van der Waals surface area contributed by atoms with E-state index in [1.807, 2.05) is 0 Å². The van der Waals surface area contributed by atoms with Crippen LogP contribution in [-0.2, 0) is 0 Å². The molecule has 4 heteroatoms. The fraction of sp³-hybridized carbons (Fsp3) is 0.111. The van der Waals surface area contributed by atoms with Crippen molar-refractivity contribution in [2.75, 3.05) is 5.73 Å². The number of nitrogen functional groups attached to an aromatic ring is 1. The third-order valence-corrected chi connectivity index (χ3v) is 1.63. The highest BCUT2D eigenvalue weighted by atomic mass is 19.4. The Balaban J connectivity index is 3.10. The van der Waals surface area contributed by atoms with Crippen molar-refractivity contribution >= 4 is 11.3 Å². The molecule has 0 spiro atoms. The number of hydrogen-bond donors (Lipinski definition) is 1. The molecule has 0 heterocycles. The molecule has 1 rings (SSSR count). The second-order valence-corrected chi connectivity index (χ2v) is 2.56. The molecule has 70 valence electrons. The van der Waals surface area contributed by atoms with Crippen LogP contribution >= 0.6 is 0 Å². The van der Waals surface area contributed by atoms with E-state index in [0.717, 1.165) is 0 Å². The molecule has 13 heavy (non-hydrogen) atoms. The van der Waals surface area contributed by atoms with Crippen LogP contribution in [0.5, 0.6) is 0 Å². The van der Waals surface area contributed by atoms with Gasteiger partial charge < -0.3 is 5.73 Å². The molecule has 1 nitrogen and oxygen atoms in total. The van der Waals surface area contributed by atoms with Crippen molar-refractivity contribution < 1.29 is 13.2 Å². The van der Waals surface area contributed by atoms with Crippen molar-refractivity contribution in [1.29, 1.82) is 0 Å². The largest absolute Gasteiger partial charge is 0.416 e. The maximum atomic E-state index is 12.2. The SMILES string of the molecule is C=C(c1ccccc1N)C(F)(F)F. The summed E-state index contributed by atoms with van der Waals surface area (Å²) in [7, 11) is 0. The van der Waals surface area contributed by atoms with Gasteiger partial charge in [0.1, 0.15) is 0 Å². The lowest BCUT2D eigenvalue weighted by Crippen LogP contribution is -2.10. The Morgan fingerprint density at radius 1 is 1.23 bits per heavy atom. The highest BCUT2D eigenvalue weighted by molar-refractivity contribution is 5.76. The Bertz CT molecular complexity index is 328. The summed E-state index contributed by atoms with van der Waals surface area (Å²) < 4.78 is 36.5. The van der Waals surface area contributed by atoms with Gasteiger partial charge in [-0.05, 0) is 6.07 Å². The smallest absolute Gasteiger partial charge is 0.398 e. The van der Waals surface area contributed by atoms with Gasteiger partial charge in [0.15, 0.2) is 0 Å². The molecule has 0 fully saturated rings. The summed E-state index contributed by atoms with van der Waals surface area (Å²) in [6, 6.07) is 5.77. The van der Waals surface area contributed by atoms with Crippen LogP contribution in [0.3, 0.4) is 0 Å². The van der Waals surface area contributed by atoms with Crippen LogP contribution in [0, 0.1) is 0 Å². The highest BCUT2D eigenvalue weighted by Crippen LogP contribution is 2.34. The summed E-state index contributed by atoms with van der Waals surface area (Å²) in [5.41, 5.74) is 4.47. The zero-order valence-electron chi connectivity index (χ0n) is 6.73. The number of hydrogen-bond acceptors (Lipinski definition) is 1. The van der Waals surface area contributed by atoms with E-state index in [4.69, 9.17) is 5.73 Å². The predicted octanol–water partition coefficient (Wildman–Crippen LogP) is 2.84. The summed E-state index contributed by atoms with van der Waals surface area (Å²) in [6.07, 6.45) is -4.42. The Hall–Kier alpha value is -1.45. The second kappa shape index (κ2) is 3.12. The van der Waals surface area contributed by atoms with Crippen LogP contribution in [0.2, 0.25) is 0 Å². The van der Waals surface area contributed by atoms with E-state index in [-0.39, 0.29) is 11.3 Å². The molecule has 0 aromatic heterocycles. The first-order valence-corrected chi connectivity index (χ1v) is 3.54. The standard InChI is InChI=1S/C9H8F3N/c1-6(9(10,11)12)7-4-2-3-5-8(7)13/h2-5H,1,13H2. The third kappa shape index (κ3) is 2.02. The fourth-order valence-corrected chi connectivity index (χ4v) is 0.925. The van der Waals surface area contributed by atoms with Crippen LogP contribution in [0.4, 0.5) is 18.9 Å². The summed E-state index contributed by atoms with van der Waals surface area (Å²) in [4.78, 5) is 0. The third-order valence-electron chi connectivity index (χ3n) is 1.63. The van der Waals surface area contributed by atoms with Gasteiger partial charge in [0, 0.05) is 11.3 Å². The van der Waals surface area contributed by atoms with Crippen LogP contribution in [0.25, 0.3) is 5.57 Å². The Kier molecular flexibility index (Phi) is 2.32. The molecular formula is C9H8F3N. The van der Waals surface area contributed by atoms with Gasteiger partial charge >= 0.3 is 6.18 Å². The minimum Gasteiger partial charge on any atom is -0.398 e. The van der Waals surface area contributed by atoms with Gasteiger partial charge in [-0.25, -0.2) is 0 Å². The maximum Gasteiger partial charge on any atom is 0.416 e. The molecule has 1 aromatic carbocycles. The van der Waals surface area contributed by atoms with Crippen molar-refractivity contribution in [1.82, 2.24) is 0 Å². The number of rotatable bonds is 1. The fourth-order valence-electron chi connectivity index (χ4n) is 0.925. The Labute approximate surface area is 73.7 Å². The van der Waals surface area contributed by atoms with Gasteiger partial charge in [0.25, 0.3) is 0 Å². The predicted molar refractivity (Wildman–Crippen MR) is 45.9 cm³/mol. The first kappa shape index (κ1) is 9.64. The quantitative estimate of drug-likeness (QED) is 0.672. The molecule has 0 unspecified atom stereocenters. The molecule has 0 radical (unpaired) electrons. The first-order valence-electron chi connectivity index (χ1n) is 3.54. The minimum atomic E-state index is -4.42. The molecule has 0 saturated heterocycles. The maximum absolute atomic E-state index is 12.2. The number of benzene rings is 1. The number of anilines is 1. The molecule has 1 aromatic rings. The lowest BCUT2D eigenvalue weighted by Gasteiger charge is -2.11. The molecule has 0 aliphatic rings. The molecule has 0 aliphatic heterocycles. The summed E-state index contributed by atoms with van der Waals surface area (Å²) in [6.45, 7) is 2.95. The number of allylic oxidation sites excluding steroid dienone is 1. The molecule has 0 amide bonds. The van der Waals surface area contributed by atoms with Crippen LogP contribution in [0.15, 0.2) is 30.8 Å². The van der Waals surface area contributed by atoms with E-state index in [1.54, 1.807) is 6.07 Å². The van der Waals surface area contributed by atoms with Gasteiger partial charge in [-0.2, -0.15) is 13.2 Å². The average molecular weight is 187 g/mol. The molecular weight excluding hydrogens is 179 g/mol. The Morgan fingerprint density at radius 3 is 2.23 bits per heavy atom. The van der Waals surface area contributed by atoms with E-state index in [9.17, 15) is 13.2 Å². The second-order valence-electron chi connectivity index (χ2n) is 2.56. The first-order chi connectivity index (χ1) is 5.93. The summed E-state index contributed by atoms with van der Waals surface area (Å²) in [5, 5.41) is 0. The van der Waals surface area contributed by atoms with Gasteiger partial charge in [-0.15, -0.1) is 0 Å². The molecule has 0 bridgehead atoms. The molecule has 2 N–H and O–H groups in total. The van der Waals surface area contributed by atoms with Gasteiger partial charge in [-0.3, -0.25) is 0 Å². The van der Waals surface area contributed by atoms with Gasteiger partial charge in [-0.1, -0.05) is 24.8 Å². The summed E-state index contributed by atoms with van der Waals surface area (Å²) in [5.74, 6) is 0. The lowest BCUT2D eigenvalue weighted by molar-refractivity contribution is -0.0686.